The van der Waals surface area contributed by atoms with E-state index in [1.807, 2.05) is 47.4 Å². The van der Waals surface area contributed by atoms with Crippen molar-refractivity contribution in [3.05, 3.63) is 64.9 Å². The molecule has 0 atom stereocenters. The molecule has 2 amide bonds. The van der Waals surface area contributed by atoms with Gasteiger partial charge in [-0.25, -0.2) is 9.37 Å². The predicted octanol–water partition coefficient (Wildman–Crippen LogP) is 3.54. The third-order valence-corrected chi connectivity index (χ3v) is 7.02. The number of halogens is 1. The summed E-state index contributed by atoms with van der Waals surface area (Å²) in [5, 5.41) is 10.0. The van der Waals surface area contributed by atoms with E-state index in [-0.39, 0.29) is 24.2 Å². The number of aromatic nitrogens is 3. The maximum Gasteiger partial charge on any atom is 0.254 e. The third kappa shape index (κ3) is 4.80. The summed E-state index contributed by atoms with van der Waals surface area (Å²) in [6, 6.07) is 11.5. The Balaban J connectivity index is 1.29. The zero-order chi connectivity index (χ0) is 24.5. The number of carbonyl (C=O) groups is 2. The van der Waals surface area contributed by atoms with Crippen LogP contribution in [-0.4, -0.2) is 69.1 Å². The van der Waals surface area contributed by atoms with Crippen molar-refractivity contribution in [3.63, 3.8) is 0 Å². The summed E-state index contributed by atoms with van der Waals surface area (Å²) in [5.74, 6) is -0.570. The van der Waals surface area contributed by atoms with E-state index in [0.717, 1.165) is 21.7 Å². The molecule has 0 unspecified atom stereocenters. The Morgan fingerprint density at radius 3 is 2.54 bits per heavy atom. The van der Waals surface area contributed by atoms with Gasteiger partial charge in [0.2, 0.25) is 5.91 Å². The lowest BCUT2D eigenvalue weighted by Crippen LogP contribution is -2.50. The minimum absolute atomic E-state index is 0.0540. The maximum absolute atomic E-state index is 13.6. The molecule has 4 aromatic rings. The van der Waals surface area contributed by atoms with Gasteiger partial charge in [-0.1, -0.05) is 6.07 Å². The first kappa shape index (κ1) is 23.1. The average Bonchev–Trinajstić information content (AvgIpc) is 3.48. The molecule has 0 aliphatic carbocycles. The fraction of sp³-hybridized carbons (Fsp3) is 0.280. The van der Waals surface area contributed by atoms with Crippen LogP contribution >= 0.6 is 11.3 Å². The van der Waals surface area contributed by atoms with Crippen LogP contribution in [0.25, 0.3) is 21.6 Å². The zero-order valence-electron chi connectivity index (χ0n) is 19.5. The molecular formula is C25H25FN6O2S. The molecule has 0 bridgehead atoms. The highest BCUT2D eigenvalue weighted by Crippen LogP contribution is 2.30. The van der Waals surface area contributed by atoms with Crippen LogP contribution in [0.3, 0.4) is 0 Å². The number of anilines is 1. The number of thiophene rings is 1. The number of nitrogens with zero attached hydrogens (tertiary/aromatic N) is 5. The molecule has 180 valence electrons. The number of aryl methyl sites for hydroxylation is 2. The first-order chi connectivity index (χ1) is 16.9. The molecule has 3 aromatic heterocycles. The molecular weight excluding hydrogens is 467 g/mol. The van der Waals surface area contributed by atoms with Gasteiger partial charge in [0.1, 0.15) is 5.82 Å². The zero-order valence-corrected chi connectivity index (χ0v) is 20.3. The van der Waals surface area contributed by atoms with Crippen LogP contribution in [0.5, 0.6) is 0 Å². The number of benzene rings is 1. The molecule has 1 fully saturated rings. The quantitative estimate of drug-likeness (QED) is 0.461. The highest BCUT2D eigenvalue weighted by Gasteiger charge is 2.27. The van der Waals surface area contributed by atoms with Gasteiger partial charge in [-0.05, 0) is 48.7 Å². The topological polar surface area (TPSA) is 83.4 Å². The SMILES string of the molecule is Cc1nn(C)c2nc(-c3cccs3)cc(C(=O)N3CCN(CC(=O)Nc4ccc(F)cc4)CC3)c12. The molecule has 8 nitrogen and oxygen atoms in total. The number of hydrogen-bond donors (Lipinski definition) is 1. The second-order valence-corrected chi connectivity index (χ2v) is 9.51. The number of fused-ring (bicyclic) bond motifs is 1. The molecule has 1 N–H and O–H groups in total. The van der Waals surface area contributed by atoms with E-state index in [0.29, 0.717) is 43.1 Å². The van der Waals surface area contributed by atoms with Crippen molar-refractivity contribution in [1.29, 1.82) is 0 Å². The summed E-state index contributed by atoms with van der Waals surface area (Å²) in [5.41, 5.74) is 3.38. The van der Waals surface area contributed by atoms with Crippen LogP contribution < -0.4 is 5.32 Å². The van der Waals surface area contributed by atoms with E-state index >= 15 is 0 Å². The number of nitrogens with one attached hydrogen (secondary N) is 1. The second-order valence-electron chi connectivity index (χ2n) is 8.56. The maximum atomic E-state index is 13.6. The van der Waals surface area contributed by atoms with Crippen molar-refractivity contribution >= 4 is 39.9 Å². The van der Waals surface area contributed by atoms with Crippen molar-refractivity contribution in [2.24, 2.45) is 7.05 Å². The molecule has 1 aliphatic rings. The minimum Gasteiger partial charge on any atom is -0.336 e. The number of hydrogen-bond acceptors (Lipinski definition) is 6. The minimum atomic E-state index is -0.348. The van der Waals surface area contributed by atoms with Crippen molar-refractivity contribution in [2.75, 3.05) is 38.0 Å². The highest BCUT2D eigenvalue weighted by atomic mass is 32.1. The van der Waals surface area contributed by atoms with Crippen LogP contribution in [0.2, 0.25) is 0 Å². The van der Waals surface area contributed by atoms with E-state index in [9.17, 15) is 14.0 Å². The molecule has 0 radical (unpaired) electrons. The monoisotopic (exact) mass is 492 g/mol. The Kier molecular flexibility index (Phi) is 6.31. The van der Waals surface area contributed by atoms with Gasteiger partial charge >= 0.3 is 0 Å². The van der Waals surface area contributed by atoms with Crippen LogP contribution in [0, 0.1) is 12.7 Å². The van der Waals surface area contributed by atoms with E-state index in [1.165, 1.54) is 24.3 Å². The molecule has 0 spiro atoms. The summed E-state index contributed by atoms with van der Waals surface area (Å²) in [4.78, 5) is 35.6. The van der Waals surface area contributed by atoms with E-state index < -0.39 is 0 Å². The molecule has 1 saturated heterocycles. The average molecular weight is 493 g/mol. The summed E-state index contributed by atoms with van der Waals surface area (Å²) in [6.45, 7) is 4.30. The van der Waals surface area contributed by atoms with Gasteiger partial charge in [-0.15, -0.1) is 11.3 Å². The number of carbonyl (C=O) groups excluding carboxylic acids is 2. The van der Waals surface area contributed by atoms with Crippen molar-refractivity contribution in [3.8, 4) is 10.6 Å². The van der Waals surface area contributed by atoms with Crippen molar-refractivity contribution in [2.45, 2.75) is 6.92 Å². The molecule has 5 rings (SSSR count). The van der Waals surface area contributed by atoms with Crippen LogP contribution in [0.4, 0.5) is 10.1 Å². The molecule has 0 saturated carbocycles. The van der Waals surface area contributed by atoms with Crippen LogP contribution in [0.15, 0.2) is 47.8 Å². The van der Waals surface area contributed by atoms with Gasteiger partial charge in [0, 0.05) is 38.9 Å². The summed E-state index contributed by atoms with van der Waals surface area (Å²) in [7, 11) is 1.84. The number of amides is 2. The fourth-order valence-electron chi connectivity index (χ4n) is 4.38. The Bertz CT molecular complexity index is 1380. The van der Waals surface area contributed by atoms with Crippen LogP contribution in [0.1, 0.15) is 16.1 Å². The lowest BCUT2D eigenvalue weighted by Gasteiger charge is -2.34. The van der Waals surface area contributed by atoms with E-state index in [1.54, 1.807) is 16.0 Å². The molecule has 4 heterocycles. The fourth-order valence-corrected chi connectivity index (χ4v) is 5.07. The standard InChI is InChI=1S/C25H25FN6O2S/c1-16-23-19(14-20(21-4-3-13-35-21)28-24(23)30(2)29-16)25(34)32-11-9-31(10-12-32)15-22(33)27-18-7-5-17(26)6-8-18/h3-8,13-14H,9-12,15H2,1-2H3,(H,27,33). The summed E-state index contributed by atoms with van der Waals surface area (Å²) >= 11 is 1.58. The lowest BCUT2D eigenvalue weighted by atomic mass is 10.1. The highest BCUT2D eigenvalue weighted by molar-refractivity contribution is 7.13. The molecule has 1 aromatic carbocycles. The Labute approximate surface area is 206 Å². The smallest absolute Gasteiger partial charge is 0.254 e. The third-order valence-electron chi connectivity index (χ3n) is 6.13. The van der Waals surface area contributed by atoms with E-state index in [4.69, 9.17) is 4.98 Å². The van der Waals surface area contributed by atoms with Gasteiger partial charge < -0.3 is 10.2 Å². The Hall–Kier alpha value is -3.63. The first-order valence-electron chi connectivity index (χ1n) is 11.3. The summed E-state index contributed by atoms with van der Waals surface area (Å²) in [6.07, 6.45) is 0. The molecule has 1 aliphatic heterocycles. The number of pyridine rings is 1. The van der Waals surface area contributed by atoms with Gasteiger partial charge in [0.05, 0.1) is 33.8 Å². The van der Waals surface area contributed by atoms with Crippen molar-refractivity contribution in [1.82, 2.24) is 24.6 Å². The number of rotatable bonds is 5. The van der Waals surface area contributed by atoms with Gasteiger partial charge in [-0.3, -0.25) is 19.2 Å². The Morgan fingerprint density at radius 1 is 1.11 bits per heavy atom. The van der Waals surface area contributed by atoms with E-state index in [2.05, 4.69) is 10.4 Å². The normalized spacial score (nSPS) is 14.4. The predicted molar refractivity (Wildman–Crippen MR) is 134 cm³/mol. The number of piperazine rings is 1. The lowest BCUT2D eigenvalue weighted by molar-refractivity contribution is -0.117. The molecule has 35 heavy (non-hydrogen) atoms. The second kappa shape index (κ2) is 9.55. The van der Waals surface area contributed by atoms with Crippen molar-refractivity contribution < 1.29 is 14.0 Å². The summed E-state index contributed by atoms with van der Waals surface area (Å²) < 4.78 is 14.8. The largest absolute Gasteiger partial charge is 0.336 e. The Morgan fingerprint density at radius 2 is 1.86 bits per heavy atom. The first-order valence-corrected chi connectivity index (χ1v) is 12.2. The van der Waals surface area contributed by atoms with Gasteiger partial charge in [-0.2, -0.15) is 5.10 Å². The van der Waals surface area contributed by atoms with Gasteiger partial charge in [0.25, 0.3) is 5.91 Å². The van der Waals surface area contributed by atoms with Gasteiger partial charge in [0.15, 0.2) is 5.65 Å². The van der Waals surface area contributed by atoms with Crippen LogP contribution in [-0.2, 0) is 11.8 Å². The molecule has 10 heteroatoms.